The lowest BCUT2D eigenvalue weighted by atomic mass is 10.1. The molecule has 0 aromatic heterocycles. The van der Waals surface area contributed by atoms with Gasteiger partial charge in [-0.15, -0.1) is 0 Å². The number of para-hydroxylation sites is 1. The van der Waals surface area contributed by atoms with E-state index in [-0.39, 0.29) is 11.9 Å². The Morgan fingerprint density at radius 2 is 1.38 bits per heavy atom. The Bertz CT molecular complexity index is 459. The van der Waals surface area contributed by atoms with Crippen molar-refractivity contribution in [3.63, 3.8) is 0 Å². The van der Waals surface area contributed by atoms with E-state index < -0.39 is 0 Å². The minimum atomic E-state index is -0.0800. The molecule has 2 heteroatoms. The standard InChI is InChI=1S/C14H11NO/c16-14-13(11-7-3-1-4-8-11)15(14)12-9-5-2-6-10-12/h1-10,13H. The van der Waals surface area contributed by atoms with Crippen molar-refractivity contribution in [1.29, 1.82) is 0 Å². The van der Waals surface area contributed by atoms with Crippen LogP contribution >= 0.6 is 0 Å². The molecule has 0 spiro atoms. The number of carbonyl (C=O) groups excluding carboxylic acids is 1. The minimum Gasteiger partial charge on any atom is -0.294 e. The zero-order valence-electron chi connectivity index (χ0n) is 8.71. The number of anilines is 1. The maximum atomic E-state index is 11.7. The van der Waals surface area contributed by atoms with E-state index in [4.69, 9.17) is 0 Å². The molecule has 0 bridgehead atoms. The van der Waals surface area contributed by atoms with Crippen LogP contribution in [0, 0.1) is 0 Å². The van der Waals surface area contributed by atoms with E-state index >= 15 is 0 Å². The van der Waals surface area contributed by atoms with Gasteiger partial charge in [-0.2, -0.15) is 0 Å². The van der Waals surface area contributed by atoms with Gasteiger partial charge in [-0.05, 0) is 17.7 Å². The van der Waals surface area contributed by atoms with E-state index in [0.29, 0.717) is 0 Å². The zero-order chi connectivity index (χ0) is 11.0. The predicted molar refractivity (Wildman–Crippen MR) is 63.1 cm³/mol. The van der Waals surface area contributed by atoms with Gasteiger partial charge in [0.2, 0.25) is 0 Å². The normalized spacial score (nSPS) is 18.6. The van der Waals surface area contributed by atoms with Gasteiger partial charge >= 0.3 is 0 Å². The summed E-state index contributed by atoms with van der Waals surface area (Å²) in [7, 11) is 0. The smallest absolute Gasteiger partial charge is 0.255 e. The fourth-order valence-electron chi connectivity index (χ4n) is 1.97. The molecule has 0 radical (unpaired) electrons. The molecule has 0 aliphatic carbocycles. The summed E-state index contributed by atoms with van der Waals surface area (Å²) < 4.78 is 0. The summed E-state index contributed by atoms with van der Waals surface area (Å²) in [5.74, 6) is 0.178. The predicted octanol–water partition coefficient (Wildman–Crippen LogP) is 2.77. The van der Waals surface area contributed by atoms with Crippen molar-refractivity contribution in [1.82, 2.24) is 0 Å². The van der Waals surface area contributed by atoms with Crippen LogP contribution in [0.15, 0.2) is 60.7 Å². The molecular weight excluding hydrogens is 198 g/mol. The quantitative estimate of drug-likeness (QED) is 0.696. The van der Waals surface area contributed by atoms with E-state index in [1.807, 2.05) is 65.6 Å². The zero-order valence-corrected chi connectivity index (χ0v) is 8.71. The van der Waals surface area contributed by atoms with E-state index in [1.54, 1.807) is 0 Å². The number of rotatable bonds is 2. The van der Waals surface area contributed by atoms with Crippen molar-refractivity contribution < 1.29 is 4.79 Å². The number of nitrogens with zero attached hydrogens (tertiary/aromatic N) is 1. The average Bonchev–Trinajstić information content (AvgIpc) is 3.03. The maximum absolute atomic E-state index is 11.7. The number of carbonyl (C=O) groups is 1. The molecule has 0 N–H and O–H groups in total. The van der Waals surface area contributed by atoms with Crippen LogP contribution in [-0.4, -0.2) is 5.91 Å². The molecule has 1 unspecified atom stereocenters. The lowest BCUT2D eigenvalue weighted by molar-refractivity contribution is -0.110. The fraction of sp³-hybridized carbons (Fsp3) is 0.0714. The lowest BCUT2D eigenvalue weighted by Crippen LogP contribution is -1.94. The third-order valence-electron chi connectivity index (χ3n) is 2.81. The summed E-state index contributed by atoms with van der Waals surface area (Å²) in [6.07, 6.45) is 0. The first-order chi connectivity index (χ1) is 7.88. The summed E-state index contributed by atoms with van der Waals surface area (Å²) in [4.78, 5) is 13.6. The highest BCUT2D eigenvalue weighted by Gasteiger charge is 2.47. The van der Waals surface area contributed by atoms with Crippen LogP contribution in [0.25, 0.3) is 0 Å². The van der Waals surface area contributed by atoms with Crippen molar-refractivity contribution in [2.75, 3.05) is 4.90 Å². The molecule has 1 saturated heterocycles. The fourth-order valence-corrected chi connectivity index (χ4v) is 1.97. The molecule has 0 saturated carbocycles. The Kier molecular flexibility index (Phi) is 2.00. The Labute approximate surface area is 94.1 Å². The maximum Gasteiger partial charge on any atom is 0.255 e. The summed E-state index contributed by atoms with van der Waals surface area (Å²) in [5, 5.41) is 0. The highest BCUT2D eigenvalue weighted by Crippen LogP contribution is 2.40. The molecule has 1 heterocycles. The molecule has 1 atom stereocenters. The van der Waals surface area contributed by atoms with Crippen LogP contribution in [0.5, 0.6) is 0 Å². The molecule has 16 heavy (non-hydrogen) atoms. The van der Waals surface area contributed by atoms with Gasteiger partial charge in [0.15, 0.2) is 0 Å². The van der Waals surface area contributed by atoms with Crippen LogP contribution in [-0.2, 0) is 4.79 Å². The Morgan fingerprint density at radius 3 is 2.00 bits per heavy atom. The first-order valence-corrected chi connectivity index (χ1v) is 5.31. The van der Waals surface area contributed by atoms with Crippen molar-refractivity contribution in [3.05, 3.63) is 66.2 Å². The SMILES string of the molecule is O=C1C(c2ccccc2)N1c1ccccc1. The first kappa shape index (κ1) is 9.16. The summed E-state index contributed by atoms with van der Waals surface area (Å²) >= 11 is 0. The van der Waals surface area contributed by atoms with Crippen LogP contribution in [0.2, 0.25) is 0 Å². The van der Waals surface area contributed by atoms with E-state index in [2.05, 4.69) is 0 Å². The number of benzene rings is 2. The van der Waals surface area contributed by atoms with Gasteiger partial charge in [-0.25, -0.2) is 0 Å². The number of hydrogen-bond donors (Lipinski definition) is 0. The highest BCUT2D eigenvalue weighted by atomic mass is 16.2. The second-order valence-corrected chi connectivity index (χ2v) is 3.86. The molecule has 1 aliphatic heterocycles. The number of hydrogen-bond acceptors (Lipinski definition) is 1. The number of amides is 1. The summed E-state index contributed by atoms with van der Waals surface area (Å²) in [6, 6.07) is 19.6. The van der Waals surface area contributed by atoms with Gasteiger partial charge in [0.25, 0.3) is 5.91 Å². The van der Waals surface area contributed by atoms with E-state index in [9.17, 15) is 4.79 Å². The third-order valence-corrected chi connectivity index (χ3v) is 2.81. The van der Waals surface area contributed by atoms with Crippen molar-refractivity contribution in [2.45, 2.75) is 6.04 Å². The van der Waals surface area contributed by atoms with Crippen LogP contribution in [0.1, 0.15) is 11.6 Å². The second kappa shape index (κ2) is 3.49. The highest BCUT2D eigenvalue weighted by molar-refractivity contribution is 6.15. The Hall–Kier alpha value is -2.09. The summed E-state index contributed by atoms with van der Waals surface area (Å²) in [6.45, 7) is 0. The van der Waals surface area contributed by atoms with Crippen LogP contribution < -0.4 is 4.90 Å². The van der Waals surface area contributed by atoms with Gasteiger partial charge in [-0.3, -0.25) is 9.69 Å². The topological polar surface area (TPSA) is 20.1 Å². The van der Waals surface area contributed by atoms with E-state index in [1.165, 1.54) is 0 Å². The first-order valence-electron chi connectivity index (χ1n) is 5.31. The van der Waals surface area contributed by atoms with E-state index in [0.717, 1.165) is 11.3 Å². The molecule has 78 valence electrons. The van der Waals surface area contributed by atoms with Gasteiger partial charge in [0.05, 0.1) is 0 Å². The summed E-state index contributed by atoms with van der Waals surface area (Å²) in [5.41, 5.74) is 2.04. The molecule has 2 aromatic rings. The van der Waals surface area contributed by atoms with Gasteiger partial charge in [-0.1, -0.05) is 48.5 Å². The Morgan fingerprint density at radius 1 is 0.812 bits per heavy atom. The third kappa shape index (κ3) is 1.39. The largest absolute Gasteiger partial charge is 0.294 e. The van der Waals surface area contributed by atoms with Gasteiger partial charge in [0, 0.05) is 5.69 Å². The molecule has 2 nitrogen and oxygen atoms in total. The van der Waals surface area contributed by atoms with Crippen LogP contribution in [0.3, 0.4) is 0 Å². The van der Waals surface area contributed by atoms with Gasteiger partial charge < -0.3 is 0 Å². The van der Waals surface area contributed by atoms with Crippen molar-refractivity contribution in [3.8, 4) is 0 Å². The molecule has 2 aromatic carbocycles. The molecule has 3 rings (SSSR count). The molecular formula is C14H11NO. The Balaban J connectivity index is 1.90. The van der Waals surface area contributed by atoms with Gasteiger partial charge in [0.1, 0.15) is 6.04 Å². The second-order valence-electron chi connectivity index (χ2n) is 3.86. The molecule has 1 fully saturated rings. The lowest BCUT2D eigenvalue weighted by Gasteiger charge is -2.01. The van der Waals surface area contributed by atoms with Crippen molar-refractivity contribution in [2.24, 2.45) is 0 Å². The monoisotopic (exact) mass is 209 g/mol. The van der Waals surface area contributed by atoms with Crippen molar-refractivity contribution >= 4 is 11.6 Å². The average molecular weight is 209 g/mol. The minimum absolute atomic E-state index is 0.0800. The molecule has 1 aliphatic rings. The van der Waals surface area contributed by atoms with Crippen LogP contribution in [0.4, 0.5) is 5.69 Å². The molecule has 1 amide bonds.